The van der Waals surface area contributed by atoms with Gasteiger partial charge in [-0.1, -0.05) is 18.9 Å². The first-order chi connectivity index (χ1) is 11.2. The molecule has 0 spiro atoms. The lowest BCUT2D eigenvalue weighted by molar-refractivity contribution is -0.145. The summed E-state index contributed by atoms with van der Waals surface area (Å²) in [6.07, 6.45) is 4.90. The van der Waals surface area contributed by atoms with E-state index in [-0.39, 0.29) is 17.9 Å². The third kappa shape index (κ3) is 2.81. The average molecular weight is 312 g/mol. The molecule has 1 saturated heterocycles. The van der Waals surface area contributed by atoms with E-state index < -0.39 is 6.04 Å². The number of carbonyl (C=O) groups excluding carboxylic acids is 2. The van der Waals surface area contributed by atoms with E-state index in [9.17, 15) is 9.59 Å². The Balaban J connectivity index is 1.94. The molecule has 5 nitrogen and oxygen atoms in total. The zero-order valence-corrected chi connectivity index (χ0v) is 13.2. The fraction of sp³-hybridized carbons (Fsp3) is 0.500. The van der Waals surface area contributed by atoms with Gasteiger partial charge in [0, 0.05) is 11.6 Å². The highest BCUT2D eigenvalue weighted by Gasteiger charge is 2.48. The molecule has 0 N–H and O–H groups in total. The van der Waals surface area contributed by atoms with Crippen molar-refractivity contribution in [2.45, 2.75) is 44.2 Å². The molecule has 0 bridgehead atoms. The summed E-state index contributed by atoms with van der Waals surface area (Å²) in [4.78, 5) is 26.9. The van der Waals surface area contributed by atoms with Crippen molar-refractivity contribution in [3.63, 3.8) is 0 Å². The largest absolute Gasteiger partial charge is 0.467 e. The molecule has 1 aliphatic heterocycles. The Bertz CT molecular complexity index is 664. The maximum atomic E-state index is 13.0. The molecule has 1 heterocycles. The minimum absolute atomic E-state index is 0.103. The van der Waals surface area contributed by atoms with Crippen molar-refractivity contribution in [1.29, 1.82) is 5.26 Å². The van der Waals surface area contributed by atoms with E-state index in [4.69, 9.17) is 10.00 Å². The quantitative estimate of drug-likeness (QED) is 0.787. The average Bonchev–Trinajstić information content (AvgIpc) is 2.99. The summed E-state index contributed by atoms with van der Waals surface area (Å²) in [5.41, 5.74) is 0.911. The predicted molar refractivity (Wildman–Crippen MR) is 83.5 cm³/mol. The number of esters is 1. The Labute approximate surface area is 135 Å². The summed E-state index contributed by atoms with van der Waals surface area (Å²) in [5.74, 6) is -0.146. The van der Waals surface area contributed by atoms with Gasteiger partial charge in [-0.15, -0.1) is 0 Å². The van der Waals surface area contributed by atoms with Gasteiger partial charge in [0.1, 0.15) is 6.04 Å². The Hall–Kier alpha value is -2.35. The van der Waals surface area contributed by atoms with Crippen molar-refractivity contribution in [2.75, 3.05) is 7.11 Å². The lowest BCUT2D eigenvalue weighted by Crippen LogP contribution is -2.46. The van der Waals surface area contributed by atoms with Crippen molar-refractivity contribution in [3.8, 4) is 6.07 Å². The molecule has 3 rings (SSSR count). The molecule has 0 aromatic heterocycles. The number of nitriles is 1. The normalized spacial score (nSPS) is 26.3. The van der Waals surface area contributed by atoms with Crippen LogP contribution in [0.15, 0.2) is 24.3 Å². The number of carbonyl (C=O) groups is 2. The maximum absolute atomic E-state index is 13.0. The molecule has 1 aliphatic carbocycles. The molecule has 5 heteroatoms. The van der Waals surface area contributed by atoms with Crippen LogP contribution in [0.2, 0.25) is 0 Å². The predicted octanol–water partition coefficient (Wildman–Crippen LogP) is 2.50. The molecule has 120 valence electrons. The number of methoxy groups -OCH3 is 1. The van der Waals surface area contributed by atoms with Crippen LogP contribution in [0, 0.1) is 17.2 Å². The number of benzene rings is 1. The molecule has 0 radical (unpaired) electrons. The SMILES string of the molecule is COC(=O)[C@@H]1C[C@@H]2CCCC[C@H]2N1C(=O)c1cccc(C#N)c1. The summed E-state index contributed by atoms with van der Waals surface area (Å²) in [7, 11) is 1.36. The van der Waals surface area contributed by atoms with Crippen LogP contribution in [0.25, 0.3) is 0 Å². The molecule has 3 atom stereocenters. The standard InChI is InChI=1S/C18H20N2O3/c1-23-18(22)16-10-13-6-2-3-8-15(13)20(16)17(21)14-7-4-5-12(9-14)11-19/h4-5,7,9,13,15-16H,2-3,6,8,10H2,1H3/t13-,15+,16-/m0/s1. The van der Waals surface area contributed by atoms with E-state index in [1.165, 1.54) is 7.11 Å². The number of ether oxygens (including phenoxy) is 1. The van der Waals surface area contributed by atoms with Crippen LogP contribution < -0.4 is 0 Å². The van der Waals surface area contributed by atoms with Crippen LogP contribution in [0.5, 0.6) is 0 Å². The smallest absolute Gasteiger partial charge is 0.328 e. The van der Waals surface area contributed by atoms with Crippen LogP contribution in [0.3, 0.4) is 0 Å². The van der Waals surface area contributed by atoms with Crippen molar-refractivity contribution >= 4 is 11.9 Å². The number of hydrogen-bond acceptors (Lipinski definition) is 4. The van der Waals surface area contributed by atoms with Gasteiger partial charge in [0.2, 0.25) is 0 Å². The summed E-state index contributed by atoms with van der Waals surface area (Å²) in [6, 6.07) is 8.31. The Morgan fingerprint density at radius 3 is 2.83 bits per heavy atom. The van der Waals surface area contributed by atoms with Crippen molar-refractivity contribution in [3.05, 3.63) is 35.4 Å². The van der Waals surface area contributed by atoms with Gasteiger partial charge in [0.05, 0.1) is 18.7 Å². The fourth-order valence-electron chi connectivity index (χ4n) is 3.97. The summed E-state index contributed by atoms with van der Waals surface area (Å²) in [5, 5.41) is 9.03. The third-order valence-corrected chi connectivity index (χ3v) is 5.03. The summed E-state index contributed by atoms with van der Waals surface area (Å²) >= 11 is 0. The van der Waals surface area contributed by atoms with E-state index in [2.05, 4.69) is 6.07 Å². The monoisotopic (exact) mass is 312 g/mol. The van der Waals surface area contributed by atoms with Crippen molar-refractivity contribution in [1.82, 2.24) is 4.90 Å². The highest BCUT2D eigenvalue weighted by atomic mass is 16.5. The van der Waals surface area contributed by atoms with Gasteiger partial charge in [-0.05, 0) is 43.4 Å². The molecule has 1 aromatic rings. The number of likely N-dealkylation sites (tertiary alicyclic amines) is 1. The summed E-state index contributed by atoms with van der Waals surface area (Å²) in [6.45, 7) is 0. The van der Waals surface area contributed by atoms with Gasteiger partial charge in [-0.2, -0.15) is 5.26 Å². The molecule has 1 aromatic carbocycles. The van der Waals surface area contributed by atoms with Crippen molar-refractivity contribution in [2.24, 2.45) is 5.92 Å². The zero-order chi connectivity index (χ0) is 16.4. The Kier molecular flexibility index (Phi) is 4.33. The highest BCUT2D eigenvalue weighted by Crippen LogP contribution is 2.40. The minimum Gasteiger partial charge on any atom is -0.467 e. The molecule has 2 fully saturated rings. The first-order valence-corrected chi connectivity index (χ1v) is 8.06. The third-order valence-electron chi connectivity index (χ3n) is 5.03. The first-order valence-electron chi connectivity index (χ1n) is 8.06. The molecular weight excluding hydrogens is 292 g/mol. The highest BCUT2D eigenvalue weighted by molar-refractivity contribution is 5.97. The van der Waals surface area contributed by atoms with Crippen LogP contribution in [0.1, 0.15) is 48.0 Å². The lowest BCUT2D eigenvalue weighted by atomic mass is 9.84. The number of rotatable bonds is 2. The molecule has 23 heavy (non-hydrogen) atoms. The van der Waals surface area contributed by atoms with E-state index >= 15 is 0 Å². The molecule has 0 unspecified atom stereocenters. The van der Waals surface area contributed by atoms with E-state index in [1.807, 2.05) is 0 Å². The topological polar surface area (TPSA) is 70.4 Å². The summed E-state index contributed by atoms with van der Waals surface area (Å²) < 4.78 is 4.92. The van der Waals surface area contributed by atoms with Crippen LogP contribution in [0.4, 0.5) is 0 Å². The zero-order valence-electron chi connectivity index (χ0n) is 13.2. The number of hydrogen-bond donors (Lipinski definition) is 0. The van der Waals surface area contributed by atoms with Crippen molar-refractivity contribution < 1.29 is 14.3 Å². The van der Waals surface area contributed by atoms with Gasteiger partial charge < -0.3 is 9.64 Å². The number of amides is 1. The fourth-order valence-corrected chi connectivity index (χ4v) is 3.97. The van der Waals surface area contributed by atoms with E-state index in [1.54, 1.807) is 29.2 Å². The second-order valence-electron chi connectivity index (χ2n) is 6.29. The number of nitrogens with zero attached hydrogens (tertiary/aromatic N) is 2. The van der Waals surface area contributed by atoms with Crippen LogP contribution in [-0.4, -0.2) is 36.0 Å². The van der Waals surface area contributed by atoms with Gasteiger partial charge >= 0.3 is 5.97 Å². The van der Waals surface area contributed by atoms with Crippen LogP contribution >= 0.6 is 0 Å². The first kappa shape index (κ1) is 15.5. The second kappa shape index (κ2) is 6.41. The maximum Gasteiger partial charge on any atom is 0.328 e. The van der Waals surface area contributed by atoms with Crippen LogP contribution in [-0.2, 0) is 9.53 Å². The Morgan fingerprint density at radius 1 is 1.30 bits per heavy atom. The van der Waals surface area contributed by atoms with Gasteiger partial charge in [-0.3, -0.25) is 4.79 Å². The van der Waals surface area contributed by atoms with Gasteiger partial charge in [0.25, 0.3) is 5.91 Å². The number of fused-ring (bicyclic) bond motifs is 1. The van der Waals surface area contributed by atoms with Gasteiger partial charge in [0.15, 0.2) is 0 Å². The molecule has 1 amide bonds. The minimum atomic E-state index is -0.508. The molecular formula is C18H20N2O3. The molecule has 2 aliphatic rings. The second-order valence-corrected chi connectivity index (χ2v) is 6.29. The molecule has 1 saturated carbocycles. The Morgan fingerprint density at radius 2 is 2.09 bits per heavy atom. The van der Waals surface area contributed by atoms with E-state index in [0.29, 0.717) is 23.5 Å². The van der Waals surface area contributed by atoms with Gasteiger partial charge in [-0.25, -0.2) is 4.79 Å². The van der Waals surface area contributed by atoms with E-state index in [0.717, 1.165) is 25.7 Å². The lowest BCUT2D eigenvalue weighted by Gasteiger charge is -2.33.